The van der Waals surface area contributed by atoms with Crippen molar-refractivity contribution >= 4 is 46.4 Å². The molecule has 0 fully saturated rings. The number of benzene rings is 2. The zero-order valence-corrected chi connectivity index (χ0v) is 12.7. The normalized spacial score (nSPS) is 11.4. The first kappa shape index (κ1) is 13.9. The van der Waals surface area contributed by atoms with E-state index in [4.69, 9.17) is 23.2 Å². The molecule has 1 aromatic heterocycles. The monoisotopic (exact) mass is 318 g/mol. The topological polar surface area (TPSA) is 53.1 Å². The molecule has 106 valence electrons. The van der Waals surface area contributed by atoms with Crippen LogP contribution in [0.3, 0.4) is 0 Å². The van der Waals surface area contributed by atoms with Crippen LogP contribution in [0.25, 0.3) is 11.0 Å². The first-order valence-electron chi connectivity index (χ1n) is 6.32. The molecule has 0 unspecified atom stereocenters. The molecule has 3 aromatic rings. The Bertz CT molecular complexity index is 824. The van der Waals surface area contributed by atoms with Gasteiger partial charge in [-0.2, -0.15) is 5.10 Å². The number of aryl methyl sites for hydroxylation is 1. The number of anilines is 1. The van der Waals surface area contributed by atoms with Gasteiger partial charge < -0.3 is 4.98 Å². The van der Waals surface area contributed by atoms with E-state index in [1.165, 1.54) is 5.56 Å². The number of H-pyrrole nitrogens is 1. The van der Waals surface area contributed by atoms with Crippen LogP contribution >= 0.6 is 23.2 Å². The van der Waals surface area contributed by atoms with Crippen LogP contribution in [-0.2, 0) is 0 Å². The van der Waals surface area contributed by atoms with Crippen LogP contribution in [0, 0.1) is 6.92 Å². The number of aromatic nitrogens is 2. The second kappa shape index (κ2) is 5.76. The molecule has 6 heteroatoms. The van der Waals surface area contributed by atoms with Crippen molar-refractivity contribution in [1.29, 1.82) is 0 Å². The van der Waals surface area contributed by atoms with Crippen molar-refractivity contribution in [2.75, 3.05) is 5.43 Å². The zero-order chi connectivity index (χ0) is 14.8. The lowest BCUT2D eigenvalue weighted by Crippen LogP contribution is -1.92. The predicted octanol–water partition coefficient (Wildman–Crippen LogP) is 4.62. The standard InChI is InChI=1S/C15H12Cl2N4/c1-9-2-5-13-14(6-9)20-15(19-13)21-18-8-10-3-4-11(16)12(17)7-10/h2-8H,1H3,(H2,19,20,21)/b18-8-. The molecule has 0 aliphatic carbocycles. The number of hydrogen-bond acceptors (Lipinski definition) is 3. The average Bonchev–Trinajstić information content (AvgIpc) is 2.84. The molecule has 0 saturated carbocycles. The maximum atomic E-state index is 5.95. The summed E-state index contributed by atoms with van der Waals surface area (Å²) >= 11 is 11.8. The molecule has 0 atom stereocenters. The Morgan fingerprint density at radius 3 is 2.81 bits per heavy atom. The Hall–Kier alpha value is -2.04. The van der Waals surface area contributed by atoms with Gasteiger partial charge in [0, 0.05) is 0 Å². The van der Waals surface area contributed by atoms with Crippen LogP contribution in [0.15, 0.2) is 41.5 Å². The molecule has 1 heterocycles. The Kier molecular flexibility index (Phi) is 3.82. The van der Waals surface area contributed by atoms with Crippen LogP contribution in [-0.4, -0.2) is 16.2 Å². The van der Waals surface area contributed by atoms with Crippen molar-refractivity contribution in [1.82, 2.24) is 9.97 Å². The highest BCUT2D eigenvalue weighted by Crippen LogP contribution is 2.22. The van der Waals surface area contributed by atoms with Gasteiger partial charge in [-0.05, 0) is 42.3 Å². The van der Waals surface area contributed by atoms with Crippen LogP contribution in [0.4, 0.5) is 5.95 Å². The molecular formula is C15H12Cl2N4. The maximum absolute atomic E-state index is 5.95. The number of hydrazone groups is 1. The minimum Gasteiger partial charge on any atom is -0.323 e. The predicted molar refractivity (Wildman–Crippen MR) is 88.5 cm³/mol. The second-order valence-electron chi connectivity index (χ2n) is 4.65. The van der Waals surface area contributed by atoms with Gasteiger partial charge in [-0.3, -0.25) is 0 Å². The highest BCUT2D eigenvalue weighted by molar-refractivity contribution is 6.42. The molecule has 0 aliphatic heterocycles. The molecule has 0 aliphatic rings. The summed E-state index contributed by atoms with van der Waals surface area (Å²) in [4.78, 5) is 7.55. The molecule has 0 amide bonds. The van der Waals surface area contributed by atoms with Gasteiger partial charge in [0.1, 0.15) is 0 Å². The number of nitrogens with zero attached hydrogens (tertiary/aromatic N) is 2. The van der Waals surface area contributed by atoms with Crippen LogP contribution < -0.4 is 5.43 Å². The fourth-order valence-electron chi connectivity index (χ4n) is 1.94. The van der Waals surface area contributed by atoms with E-state index in [1.807, 2.05) is 31.2 Å². The van der Waals surface area contributed by atoms with Gasteiger partial charge in [-0.15, -0.1) is 0 Å². The summed E-state index contributed by atoms with van der Waals surface area (Å²) in [6, 6.07) is 11.3. The van der Waals surface area contributed by atoms with E-state index in [9.17, 15) is 0 Å². The highest BCUT2D eigenvalue weighted by Gasteiger charge is 2.01. The molecule has 3 rings (SSSR count). The molecule has 0 radical (unpaired) electrons. The molecule has 2 N–H and O–H groups in total. The third-order valence-corrected chi connectivity index (χ3v) is 3.70. The van der Waals surface area contributed by atoms with Crippen molar-refractivity contribution in [2.45, 2.75) is 6.92 Å². The smallest absolute Gasteiger partial charge is 0.222 e. The molecule has 0 spiro atoms. The average molecular weight is 319 g/mol. The summed E-state index contributed by atoms with van der Waals surface area (Å²) in [7, 11) is 0. The number of rotatable bonds is 3. The quantitative estimate of drug-likeness (QED) is 0.546. The van der Waals surface area contributed by atoms with Crippen molar-refractivity contribution in [2.24, 2.45) is 5.10 Å². The minimum atomic E-state index is 0.500. The number of nitrogens with one attached hydrogen (secondary N) is 2. The Morgan fingerprint density at radius 2 is 2.00 bits per heavy atom. The molecule has 0 saturated heterocycles. The summed E-state index contributed by atoms with van der Waals surface area (Å²) in [6.07, 6.45) is 1.65. The van der Waals surface area contributed by atoms with Gasteiger partial charge >= 0.3 is 0 Å². The van der Waals surface area contributed by atoms with E-state index in [-0.39, 0.29) is 0 Å². The minimum absolute atomic E-state index is 0.500. The first-order valence-corrected chi connectivity index (χ1v) is 7.08. The maximum Gasteiger partial charge on any atom is 0.222 e. The SMILES string of the molecule is Cc1ccc2nc(N/N=C\c3ccc(Cl)c(Cl)c3)[nH]c2c1. The van der Waals surface area contributed by atoms with Crippen LogP contribution in [0.5, 0.6) is 0 Å². The third-order valence-electron chi connectivity index (χ3n) is 2.97. The van der Waals surface area contributed by atoms with Gasteiger partial charge in [0.2, 0.25) is 5.95 Å². The summed E-state index contributed by atoms with van der Waals surface area (Å²) in [5.41, 5.74) is 6.76. The van der Waals surface area contributed by atoms with Gasteiger partial charge in [-0.1, -0.05) is 35.3 Å². The molecule has 2 aromatic carbocycles. The number of aromatic amines is 1. The van der Waals surface area contributed by atoms with Crippen LogP contribution in [0.1, 0.15) is 11.1 Å². The van der Waals surface area contributed by atoms with Gasteiger partial charge in [0.15, 0.2) is 0 Å². The summed E-state index contributed by atoms with van der Waals surface area (Å²) in [6.45, 7) is 2.04. The summed E-state index contributed by atoms with van der Waals surface area (Å²) < 4.78 is 0. The number of halogens is 2. The molecule has 0 bridgehead atoms. The molecular weight excluding hydrogens is 307 g/mol. The lowest BCUT2D eigenvalue weighted by Gasteiger charge is -1.97. The first-order chi connectivity index (χ1) is 10.1. The van der Waals surface area contributed by atoms with Gasteiger partial charge in [-0.25, -0.2) is 10.4 Å². The summed E-state index contributed by atoms with van der Waals surface area (Å²) in [5.74, 6) is 0.590. The van der Waals surface area contributed by atoms with E-state index in [1.54, 1.807) is 18.3 Å². The zero-order valence-electron chi connectivity index (χ0n) is 11.2. The fourth-order valence-corrected chi connectivity index (χ4v) is 2.24. The number of fused-ring (bicyclic) bond motifs is 1. The Balaban J connectivity index is 1.76. The van der Waals surface area contributed by atoms with Crippen molar-refractivity contribution in [3.8, 4) is 0 Å². The van der Waals surface area contributed by atoms with E-state index in [0.29, 0.717) is 16.0 Å². The van der Waals surface area contributed by atoms with Crippen molar-refractivity contribution in [3.63, 3.8) is 0 Å². The lowest BCUT2D eigenvalue weighted by molar-refractivity contribution is 1.21. The van der Waals surface area contributed by atoms with E-state index in [0.717, 1.165) is 16.6 Å². The van der Waals surface area contributed by atoms with E-state index < -0.39 is 0 Å². The Morgan fingerprint density at radius 1 is 1.14 bits per heavy atom. The van der Waals surface area contributed by atoms with Crippen LogP contribution in [0.2, 0.25) is 10.0 Å². The second-order valence-corrected chi connectivity index (χ2v) is 5.46. The van der Waals surface area contributed by atoms with Crippen molar-refractivity contribution in [3.05, 3.63) is 57.6 Å². The Labute approximate surface area is 131 Å². The highest BCUT2D eigenvalue weighted by atomic mass is 35.5. The van der Waals surface area contributed by atoms with Gasteiger partial charge in [0.25, 0.3) is 0 Å². The lowest BCUT2D eigenvalue weighted by atomic mass is 10.2. The molecule has 4 nitrogen and oxygen atoms in total. The molecule has 21 heavy (non-hydrogen) atoms. The largest absolute Gasteiger partial charge is 0.323 e. The number of hydrogen-bond donors (Lipinski definition) is 2. The summed E-state index contributed by atoms with van der Waals surface area (Å²) in [5, 5.41) is 5.15. The van der Waals surface area contributed by atoms with E-state index in [2.05, 4.69) is 20.5 Å². The van der Waals surface area contributed by atoms with E-state index >= 15 is 0 Å². The third kappa shape index (κ3) is 3.17. The fraction of sp³-hybridized carbons (Fsp3) is 0.0667. The van der Waals surface area contributed by atoms with Gasteiger partial charge in [0.05, 0.1) is 27.3 Å². The number of imidazole rings is 1. The van der Waals surface area contributed by atoms with Crippen molar-refractivity contribution < 1.29 is 0 Å².